The van der Waals surface area contributed by atoms with E-state index in [2.05, 4.69) is 15.5 Å². The summed E-state index contributed by atoms with van der Waals surface area (Å²) in [5.41, 5.74) is 0.272. The van der Waals surface area contributed by atoms with E-state index in [9.17, 15) is 23.3 Å². The van der Waals surface area contributed by atoms with Gasteiger partial charge in [-0.1, -0.05) is 29.2 Å². The molecule has 0 fully saturated rings. The van der Waals surface area contributed by atoms with E-state index in [1.54, 1.807) is 6.92 Å². The summed E-state index contributed by atoms with van der Waals surface area (Å²) in [5.74, 6) is -0.630. The number of thioether (sulfide) groups is 1. The minimum Gasteiger partial charge on any atom is -0.299 e. The minimum absolute atomic E-state index is 0.0661. The number of hydrogen-bond acceptors (Lipinski definition) is 9. The Labute approximate surface area is 164 Å². The predicted molar refractivity (Wildman–Crippen MR) is 105 cm³/mol. The molecule has 1 N–H and O–H groups in total. The van der Waals surface area contributed by atoms with E-state index in [-0.39, 0.29) is 16.5 Å². The van der Waals surface area contributed by atoms with Gasteiger partial charge in [-0.15, -0.1) is 10.2 Å². The Hall–Kier alpha value is -2.25. The number of nitro benzene ring substituents is 1. The molecule has 0 saturated heterocycles. The van der Waals surface area contributed by atoms with E-state index in [0.29, 0.717) is 9.90 Å². The summed E-state index contributed by atoms with van der Waals surface area (Å²) in [4.78, 5) is 23.0. The van der Waals surface area contributed by atoms with Crippen LogP contribution in [-0.2, 0) is 14.8 Å². The summed E-state index contributed by atoms with van der Waals surface area (Å²) in [7, 11) is -3.91. The number of rotatable bonds is 7. The smallest absolute Gasteiger partial charge is 0.271 e. The van der Waals surface area contributed by atoms with Gasteiger partial charge in [0.25, 0.3) is 5.69 Å². The molecule has 1 amide bonds. The molecule has 0 bridgehead atoms. The Morgan fingerprint density at radius 3 is 2.59 bits per heavy atom. The first-order chi connectivity index (χ1) is 12.5. The van der Waals surface area contributed by atoms with Gasteiger partial charge >= 0.3 is 0 Å². The second-order valence-corrected chi connectivity index (χ2v) is 9.42. The second kappa shape index (κ2) is 8.19. The molecule has 1 aromatic carbocycles. The molecule has 13 heteroatoms. The topological polar surface area (TPSA) is 135 Å². The average Bonchev–Trinajstić information content (AvgIpc) is 3.02. The average molecular weight is 432 g/mol. The fourth-order valence-corrected chi connectivity index (χ4v) is 4.68. The molecule has 27 heavy (non-hydrogen) atoms. The third-order valence-electron chi connectivity index (χ3n) is 3.54. The maximum atomic E-state index is 12.6. The molecule has 2 aromatic rings. The highest BCUT2D eigenvalue weighted by Crippen LogP contribution is 2.30. The molecule has 0 aliphatic heterocycles. The summed E-state index contributed by atoms with van der Waals surface area (Å²) in [6, 6.07) is 2.68. The van der Waals surface area contributed by atoms with Gasteiger partial charge < -0.3 is 0 Å². The number of carbonyl (C=O) groups is 1. The van der Waals surface area contributed by atoms with Crippen molar-refractivity contribution >= 4 is 55.5 Å². The van der Waals surface area contributed by atoms with Crippen LogP contribution in [0.4, 0.5) is 16.5 Å². The minimum atomic E-state index is -3.91. The zero-order valence-electron chi connectivity index (χ0n) is 14.9. The standard InChI is InChI=1S/C14H17N5O5S3/c1-8-5-6-10(19(21)22)7-11(8)18(27(4,23)24)9(2)12(20)15-13-16-17-14(25-3)26-13/h5-7,9H,1-4H3,(H,15,16,20)/t9-/m0/s1. The highest BCUT2D eigenvalue weighted by atomic mass is 32.2. The highest BCUT2D eigenvalue weighted by molar-refractivity contribution is 8.00. The number of amides is 1. The quantitative estimate of drug-likeness (QED) is 0.305. The van der Waals surface area contributed by atoms with Crippen molar-refractivity contribution in [2.24, 2.45) is 0 Å². The number of anilines is 2. The molecule has 10 nitrogen and oxygen atoms in total. The normalized spacial score (nSPS) is 12.4. The molecule has 1 heterocycles. The fourth-order valence-electron chi connectivity index (χ4n) is 2.28. The molecule has 0 unspecified atom stereocenters. The molecule has 1 atom stereocenters. The number of benzene rings is 1. The number of hydrogen-bond donors (Lipinski definition) is 1. The lowest BCUT2D eigenvalue weighted by molar-refractivity contribution is -0.384. The molecule has 0 saturated carbocycles. The maximum Gasteiger partial charge on any atom is 0.271 e. The van der Waals surface area contributed by atoms with Crippen molar-refractivity contribution < 1.29 is 18.1 Å². The maximum absolute atomic E-state index is 12.6. The number of aryl methyl sites for hydroxylation is 1. The molecule has 0 spiro atoms. The molecule has 0 radical (unpaired) electrons. The third kappa shape index (κ3) is 4.93. The predicted octanol–water partition coefficient (Wildman–Crippen LogP) is 2.27. The van der Waals surface area contributed by atoms with E-state index in [0.717, 1.165) is 28.0 Å². The first-order valence-electron chi connectivity index (χ1n) is 7.47. The van der Waals surface area contributed by atoms with Gasteiger partial charge in [-0.25, -0.2) is 8.42 Å². The first kappa shape index (κ1) is 21.1. The van der Waals surface area contributed by atoms with Crippen LogP contribution in [0, 0.1) is 17.0 Å². The molecule has 0 aliphatic carbocycles. The second-order valence-electron chi connectivity index (χ2n) is 5.53. The summed E-state index contributed by atoms with van der Waals surface area (Å²) >= 11 is 2.52. The summed E-state index contributed by atoms with van der Waals surface area (Å²) < 4.78 is 26.2. The van der Waals surface area contributed by atoms with Crippen LogP contribution in [-0.4, -0.2) is 48.0 Å². The molecular weight excluding hydrogens is 414 g/mol. The number of carbonyl (C=O) groups excluding carboxylic acids is 1. The Kier molecular flexibility index (Phi) is 6.38. The van der Waals surface area contributed by atoms with Gasteiger partial charge in [-0.2, -0.15) is 0 Å². The Morgan fingerprint density at radius 2 is 2.07 bits per heavy atom. The van der Waals surface area contributed by atoms with Crippen LogP contribution in [0.2, 0.25) is 0 Å². The van der Waals surface area contributed by atoms with Crippen molar-refractivity contribution in [2.45, 2.75) is 24.2 Å². The largest absolute Gasteiger partial charge is 0.299 e. The van der Waals surface area contributed by atoms with E-state index >= 15 is 0 Å². The Balaban J connectivity index is 2.40. The van der Waals surface area contributed by atoms with Crippen LogP contribution in [0.1, 0.15) is 12.5 Å². The number of non-ortho nitro benzene ring substituents is 1. The van der Waals surface area contributed by atoms with Crippen LogP contribution >= 0.6 is 23.1 Å². The Morgan fingerprint density at radius 1 is 1.41 bits per heavy atom. The third-order valence-corrected chi connectivity index (χ3v) is 6.58. The van der Waals surface area contributed by atoms with Crippen LogP contribution in [0.5, 0.6) is 0 Å². The van der Waals surface area contributed by atoms with Crippen molar-refractivity contribution in [1.82, 2.24) is 10.2 Å². The van der Waals surface area contributed by atoms with Crippen molar-refractivity contribution in [3.8, 4) is 0 Å². The monoisotopic (exact) mass is 431 g/mol. The van der Waals surface area contributed by atoms with Gasteiger partial charge in [0.2, 0.25) is 21.1 Å². The lowest BCUT2D eigenvalue weighted by Gasteiger charge is -2.29. The first-order valence-corrected chi connectivity index (χ1v) is 11.4. The van der Waals surface area contributed by atoms with Crippen molar-refractivity contribution in [2.75, 3.05) is 22.1 Å². The summed E-state index contributed by atoms with van der Waals surface area (Å²) in [5, 5.41) is 21.5. The SMILES string of the molecule is CSc1nnc(NC(=O)[C@H](C)N(c2cc([N+](=O)[O-])ccc2C)S(C)(=O)=O)s1. The summed E-state index contributed by atoms with van der Waals surface area (Å²) in [6.07, 6.45) is 2.75. The van der Waals surface area contributed by atoms with Gasteiger partial charge in [-0.05, 0) is 25.7 Å². The van der Waals surface area contributed by atoms with E-state index in [1.165, 1.54) is 30.8 Å². The number of nitro groups is 1. The van der Waals surface area contributed by atoms with E-state index < -0.39 is 26.9 Å². The zero-order chi connectivity index (χ0) is 20.4. The van der Waals surface area contributed by atoms with Crippen LogP contribution in [0.25, 0.3) is 0 Å². The molecule has 146 valence electrons. The van der Waals surface area contributed by atoms with Crippen molar-refractivity contribution in [3.63, 3.8) is 0 Å². The van der Waals surface area contributed by atoms with Gasteiger partial charge in [0.15, 0.2) is 4.34 Å². The number of aromatic nitrogens is 2. The summed E-state index contributed by atoms with van der Waals surface area (Å²) in [6.45, 7) is 3.00. The van der Waals surface area contributed by atoms with Crippen molar-refractivity contribution in [3.05, 3.63) is 33.9 Å². The number of nitrogens with one attached hydrogen (secondary N) is 1. The molecule has 1 aromatic heterocycles. The van der Waals surface area contributed by atoms with Crippen molar-refractivity contribution in [1.29, 1.82) is 0 Å². The zero-order valence-corrected chi connectivity index (χ0v) is 17.3. The van der Waals surface area contributed by atoms with Gasteiger partial charge in [0.05, 0.1) is 16.9 Å². The van der Waals surface area contributed by atoms with E-state index in [1.807, 2.05) is 6.26 Å². The molecule has 0 aliphatic rings. The number of nitrogens with zero attached hydrogens (tertiary/aromatic N) is 4. The fraction of sp³-hybridized carbons (Fsp3) is 0.357. The Bertz CT molecular complexity index is 975. The highest BCUT2D eigenvalue weighted by Gasteiger charge is 2.31. The van der Waals surface area contributed by atoms with Crippen LogP contribution in [0.3, 0.4) is 0 Å². The van der Waals surface area contributed by atoms with Gasteiger partial charge in [0.1, 0.15) is 6.04 Å². The lowest BCUT2D eigenvalue weighted by Crippen LogP contribution is -2.45. The molecular formula is C14H17N5O5S3. The van der Waals surface area contributed by atoms with E-state index in [4.69, 9.17) is 0 Å². The lowest BCUT2D eigenvalue weighted by atomic mass is 10.1. The molecule has 2 rings (SSSR count). The number of sulfonamides is 1. The van der Waals surface area contributed by atoms with Crippen LogP contribution in [0.15, 0.2) is 22.5 Å². The van der Waals surface area contributed by atoms with Gasteiger partial charge in [-0.3, -0.25) is 24.5 Å². The van der Waals surface area contributed by atoms with Gasteiger partial charge in [0, 0.05) is 12.1 Å². The van der Waals surface area contributed by atoms with Crippen LogP contribution < -0.4 is 9.62 Å².